The van der Waals surface area contributed by atoms with Crippen molar-refractivity contribution in [3.8, 4) is 5.75 Å². The largest absolute Gasteiger partial charge is 0.495 e. The summed E-state index contributed by atoms with van der Waals surface area (Å²) in [6.07, 6.45) is 1.56. The minimum absolute atomic E-state index is 0.0574. The number of amides is 1. The number of anilines is 1. The number of carbonyl (C=O) groups is 1. The van der Waals surface area contributed by atoms with Crippen LogP contribution in [0.3, 0.4) is 0 Å². The van der Waals surface area contributed by atoms with Gasteiger partial charge in [0, 0.05) is 17.3 Å². The van der Waals surface area contributed by atoms with Crippen LogP contribution in [0.2, 0.25) is 0 Å². The first-order valence-electron chi connectivity index (χ1n) is 8.71. The quantitative estimate of drug-likeness (QED) is 0.568. The van der Waals surface area contributed by atoms with Crippen molar-refractivity contribution in [3.05, 3.63) is 48.0 Å². The number of hydrogen-bond acceptors (Lipinski definition) is 6. The van der Waals surface area contributed by atoms with Gasteiger partial charge >= 0.3 is 0 Å². The monoisotopic (exact) mass is 439 g/mol. The first kappa shape index (κ1) is 21.2. The molecule has 0 aliphatic heterocycles. The fraction of sp³-hybridized carbons (Fsp3) is 0.278. The maximum Gasteiger partial charge on any atom is 0.255 e. The summed E-state index contributed by atoms with van der Waals surface area (Å²) in [4.78, 5) is 12.5. The molecule has 11 heteroatoms. The van der Waals surface area contributed by atoms with Crippen molar-refractivity contribution in [2.75, 3.05) is 19.5 Å². The molecule has 29 heavy (non-hydrogen) atoms. The molecule has 0 aromatic heterocycles. The van der Waals surface area contributed by atoms with Gasteiger partial charge in [-0.25, -0.2) is 26.3 Å². The van der Waals surface area contributed by atoms with Gasteiger partial charge < -0.3 is 10.1 Å². The van der Waals surface area contributed by atoms with Gasteiger partial charge in [0.1, 0.15) is 10.6 Å². The Balaban J connectivity index is 1.83. The van der Waals surface area contributed by atoms with Crippen molar-refractivity contribution in [1.29, 1.82) is 0 Å². The molecule has 0 radical (unpaired) electrons. The van der Waals surface area contributed by atoms with Crippen molar-refractivity contribution in [2.24, 2.45) is 0 Å². The summed E-state index contributed by atoms with van der Waals surface area (Å²) in [5.74, 6) is -0.406. The summed E-state index contributed by atoms with van der Waals surface area (Å²) in [6.45, 7) is 0. The molecule has 3 rings (SSSR count). The van der Waals surface area contributed by atoms with Gasteiger partial charge in [-0.2, -0.15) is 0 Å². The molecule has 156 valence electrons. The van der Waals surface area contributed by atoms with Crippen LogP contribution in [-0.2, 0) is 20.0 Å². The lowest BCUT2D eigenvalue weighted by Gasteiger charge is -2.12. The van der Waals surface area contributed by atoms with Crippen LogP contribution in [0.1, 0.15) is 23.2 Å². The van der Waals surface area contributed by atoms with Crippen molar-refractivity contribution >= 4 is 31.6 Å². The molecule has 0 saturated heterocycles. The van der Waals surface area contributed by atoms with Crippen molar-refractivity contribution in [1.82, 2.24) is 9.44 Å². The van der Waals surface area contributed by atoms with Crippen LogP contribution >= 0.6 is 0 Å². The third kappa shape index (κ3) is 4.93. The van der Waals surface area contributed by atoms with E-state index in [0.29, 0.717) is 5.69 Å². The van der Waals surface area contributed by atoms with Gasteiger partial charge in [-0.05, 0) is 62.4 Å². The minimum atomic E-state index is -3.82. The predicted octanol–water partition coefficient (Wildman–Crippen LogP) is 1.30. The van der Waals surface area contributed by atoms with E-state index in [9.17, 15) is 21.6 Å². The molecule has 1 aliphatic rings. The first-order valence-corrected chi connectivity index (χ1v) is 11.7. The SMILES string of the molecule is CNS(=O)(=O)c1ccc(NC(=O)c2ccc(OC)c(S(=O)(=O)NC3CC3)c2)cc1. The second kappa shape index (κ2) is 8.11. The second-order valence-corrected chi connectivity index (χ2v) is 10.0. The fourth-order valence-electron chi connectivity index (χ4n) is 2.55. The van der Waals surface area contributed by atoms with E-state index in [0.717, 1.165) is 12.8 Å². The summed E-state index contributed by atoms with van der Waals surface area (Å²) < 4.78 is 58.5. The molecule has 0 unspecified atom stereocenters. The predicted molar refractivity (Wildman–Crippen MR) is 107 cm³/mol. The number of sulfonamides is 2. The fourth-order valence-corrected chi connectivity index (χ4v) is 4.78. The Morgan fingerprint density at radius 1 is 1.00 bits per heavy atom. The molecule has 1 fully saturated rings. The van der Waals surface area contributed by atoms with Gasteiger partial charge in [-0.3, -0.25) is 4.79 Å². The molecule has 2 aromatic rings. The molecule has 3 N–H and O–H groups in total. The van der Waals surface area contributed by atoms with Gasteiger partial charge in [0.05, 0.1) is 12.0 Å². The molecule has 2 aromatic carbocycles. The lowest BCUT2D eigenvalue weighted by Crippen LogP contribution is -2.26. The highest BCUT2D eigenvalue weighted by molar-refractivity contribution is 7.89. The van der Waals surface area contributed by atoms with E-state index in [4.69, 9.17) is 4.74 Å². The standard InChI is InChI=1S/C18H21N3O6S2/c1-19-28(23,24)15-8-6-13(7-9-15)20-18(22)12-3-10-16(27-2)17(11-12)29(25,26)21-14-4-5-14/h3,6-11,14,19,21H,4-5H2,1-2H3,(H,20,22). The van der Waals surface area contributed by atoms with Crippen molar-refractivity contribution < 1.29 is 26.4 Å². The van der Waals surface area contributed by atoms with Gasteiger partial charge in [0.25, 0.3) is 5.91 Å². The minimum Gasteiger partial charge on any atom is -0.495 e. The van der Waals surface area contributed by atoms with Crippen LogP contribution < -0.4 is 19.5 Å². The summed E-state index contributed by atoms with van der Waals surface area (Å²) in [5.41, 5.74) is 0.482. The smallest absolute Gasteiger partial charge is 0.255 e. The van der Waals surface area contributed by atoms with Gasteiger partial charge in [-0.1, -0.05) is 0 Å². The molecule has 1 amide bonds. The molecular formula is C18H21N3O6S2. The number of methoxy groups -OCH3 is 1. The maximum atomic E-state index is 12.6. The highest BCUT2D eigenvalue weighted by atomic mass is 32.2. The Labute approximate surface area is 169 Å². The number of benzene rings is 2. The molecular weight excluding hydrogens is 418 g/mol. The Hall–Kier alpha value is -2.47. The van der Waals surface area contributed by atoms with Crippen molar-refractivity contribution in [2.45, 2.75) is 28.7 Å². The van der Waals surface area contributed by atoms with E-state index in [1.165, 1.54) is 56.6 Å². The molecule has 0 heterocycles. The maximum absolute atomic E-state index is 12.6. The lowest BCUT2D eigenvalue weighted by atomic mass is 10.2. The Morgan fingerprint density at radius 3 is 2.21 bits per heavy atom. The Kier molecular flexibility index (Phi) is 5.94. The topological polar surface area (TPSA) is 131 Å². The summed E-state index contributed by atoms with van der Waals surface area (Å²) in [5, 5.41) is 2.61. The molecule has 0 bridgehead atoms. The van der Waals surface area contributed by atoms with Crippen molar-refractivity contribution in [3.63, 3.8) is 0 Å². The number of ether oxygens (including phenoxy) is 1. The van der Waals surface area contributed by atoms with Gasteiger partial charge in [0.15, 0.2) is 0 Å². The van der Waals surface area contributed by atoms with Crippen LogP contribution in [0.5, 0.6) is 5.75 Å². The number of nitrogens with one attached hydrogen (secondary N) is 3. The van der Waals surface area contributed by atoms with E-state index in [2.05, 4.69) is 14.8 Å². The van der Waals surface area contributed by atoms with Crippen LogP contribution in [0.25, 0.3) is 0 Å². The summed E-state index contributed by atoms with van der Waals surface area (Å²) in [7, 11) is -4.75. The highest BCUT2D eigenvalue weighted by Crippen LogP contribution is 2.28. The number of rotatable bonds is 8. The number of hydrogen-bond donors (Lipinski definition) is 3. The summed E-state index contributed by atoms with van der Waals surface area (Å²) in [6, 6.07) is 9.61. The average Bonchev–Trinajstić information content (AvgIpc) is 3.51. The van der Waals surface area contributed by atoms with E-state index < -0.39 is 26.0 Å². The van der Waals surface area contributed by atoms with Gasteiger partial charge in [0.2, 0.25) is 20.0 Å². The van der Waals surface area contributed by atoms with Gasteiger partial charge in [-0.15, -0.1) is 0 Å². The Morgan fingerprint density at radius 2 is 1.66 bits per heavy atom. The summed E-state index contributed by atoms with van der Waals surface area (Å²) >= 11 is 0. The zero-order chi connectivity index (χ0) is 21.2. The number of carbonyl (C=O) groups excluding carboxylic acids is 1. The van der Waals surface area contributed by atoms with E-state index in [1.54, 1.807) is 0 Å². The normalized spacial score (nSPS) is 14.4. The average molecular weight is 440 g/mol. The first-order chi connectivity index (χ1) is 13.7. The molecule has 0 spiro atoms. The van der Waals surface area contributed by atoms with E-state index >= 15 is 0 Å². The third-order valence-corrected chi connectivity index (χ3v) is 7.28. The zero-order valence-electron chi connectivity index (χ0n) is 15.8. The highest BCUT2D eigenvalue weighted by Gasteiger charge is 2.30. The molecule has 1 saturated carbocycles. The molecule has 9 nitrogen and oxygen atoms in total. The third-order valence-electron chi connectivity index (χ3n) is 4.31. The molecule has 0 atom stereocenters. The Bertz CT molecular complexity index is 1120. The van der Waals surface area contributed by atoms with Crippen LogP contribution in [0, 0.1) is 0 Å². The lowest BCUT2D eigenvalue weighted by molar-refractivity contribution is 0.102. The molecule has 1 aliphatic carbocycles. The van der Waals surface area contributed by atoms with E-state index in [-0.39, 0.29) is 27.1 Å². The van der Waals surface area contributed by atoms with Crippen LogP contribution in [0.4, 0.5) is 5.69 Å². The van der Waals surface area contributed by atoms with Crippen LogP contribution in [0.15, 0.2) is 52.3 Å². The second-order valence-electron chi connectivity index (χ2n) is 6.45. The zero-order valence-corrected chi connectivity index (χ0v) is 17.4. The van der Waals surface area contributed by atoms with Crippen LogP contribution in [-0.4, -0.2) is 42.9 Å². The van der Waals surface area contributed by atoms with E-state index in [1.807, 2.05) is 0 Å².